The number of allylic oxidation sites excluding steroid dienone is 1. The van der Waals surface area contributed by atoms with Gasteiger partial charge in [0.25, 0.3) is 0 Å². The molecule has 1 atom stereocenters. The molecule has 0 saturated heterocycles. The molecule has 13 heavy (non-hydrogen) atoms. The molecule has 0 fully saturated rings. The van der Waals surface area contributed by atoms with E-state index in [1.807, 2.05) is 6.92 Å². The van der Waals surface area contributed by atoms with Crippen LogP contribution in [0.2, 0.25) is 0 Å². The minimum atomic E-state index is 0.0419. The summed E-state index contributed by atoms with van der Waals surface area (Å²) in [7, 11) is 0. The van der Waals surface area contributed by atoms with Gasteiger partial charge in [-0.25, -0.2) is 0 Å². The number of carbonyl (C=O) groups is 1. The molecule has 0 aromatic rings. The molecule has 0 rings (SSSR count). The first-order chi connectivity index (χ1) is 6.24. The Morgan fingerprint density at radius 1 is 1.69 bits per heavy atom. The van der Waals surface area contributed by atoms with Gasteiger partial charge in [-0.15, -0.1) is 6.58 Å². The van der Waals surface area contributed by atoms with Gasteiger partial charge < -0.3 is 10.4 Å². The summed E-state index contributed by atoms with van der Waals surface area (Å²) in [5.41, 5.74) is 0. The van der Waals surface area contributed by atoms with Gasteiger partial charge >= 0.3 is 0 Å². The van der Waals surface area contributed by atoms with E-state index in [1.165, 1.54) is 0 Å². The highest BCUT2D eigenvalue weighted by Gasteiger charge is 2.08. The van der Waals surface area contributed by atoms with Gasteiger partial charge in [0.05, 0.1) is 0 Å². The van der Waals surface area contributed by atoms with Gasteiger partial charge in [0, 0.05) is 19.1 Å². The van der Waals surface area contributed by atoms with Crippen molar-refractivity contribution in [3.8, 4) is 0 Å². The van der Waals surface area contributed by atoms with E-state index >= 15 is 0 Å². The van der Waals surface area contributed by atoms with Crippen LogP contribution in [0.4, 0.5) is 0 Å². The average Bonchev–Trinajstić information content (AvgIpc) is 2.14. The monoisotopic (exact) mass is 185 g/mol. The molecule has 0 radical (unpaired) electrons. The lowest BCUT2D eigenvalue weighted by Crippen LogP contribution is -2.34. The summed E-state index contributed by atoms with van der Waals surface area (Å²) in [6, 6.07) is 0.113. The van der Waals surface area contributed by atoms with Gasteiger partial charge in [-0.1, -0.05) is 13.0 Å². The Morgan fingerprint density at radius 2 is 2.38 bits per heavy atom. The van der Waals surface area contributed by atoms with Crippen LogP contribution in [0.25, 0.3) is 0 Å². The summed E-state index contributed by atoms with van der Waals surface area (Å²) in [5, 5.41) is 11.5. The van der Waals surface area contributed by atoms with E-state index in [-0.39, 0.29) is 18.6 Å². The molecule has 3 heteroatoms. The molecule has 76 valence electrons. The SMILES string of the molecule is C=CCCC(=O)NC(CC)CCO. The second-order valence-corrected chi connectivity index (χ2v) is 3.01. The Labute approximate surface area is 79.8 Å². The van der Waals surface area contributed by atoms with Gasteiger partial charge in [0.2, 0.25) is 5.91 Å². The van der Waals surface area contributed by atoms with E-state index in [2.05, 4.69) is 11.9 Å². The summed E-state index contributed by atoms with van der Waals surface area (Å²) in [6.45, 7) is 5.67. The van der Waals surface area contributed by atoms with Gasteiger partial charge in [-0.3, -0.25) is 4.79 Å². The Balaban J connectivity index is 3.65. The molecular weight excluding hydrogens is 166 g/mol. The number of aliphatic hydroxyl groups excluding tert-OH is 1. The molecule has 0 aliphatic carbocycles. The van der Waals surface area contributed by atoms with E-state index in [0.717, 1.165) is 6.42 Å². The second-order valence-electron chi connectivity index (χ2n) is 3.01. The molecule has 0 saturated carbocycles. The molecule has 2 N–H and O–H groups in total. The third-order valence-corrected chi connectivity index (χ3v) is 1.91. The maximum atomic E-state index is 11.2. The number of nitrogens with one attached hydrogen (secondary N) is 1. The first kappa shape index (κ1) is 12.2. The molecule has 0 aliphatic heterocycles. The van der Waals surface area contributed by atoms with Crippen LogP contribution in [0, 0.1) is 0 Å². The normalized spacial score (nSPS) is 12.2. The number of aliphatic hydroxyl groups is 1. The number of amides is 1. The minimum absolute atomic E-state index is 0.0419. The third kappa shape index (κ3) is 6.34. The zero-order valence-corrected chi connectivity index (χ0v) is 8.25. The molecular formula is C10H19NO2. The van der Waals surface area contributed by atoms with E-state index in [1.54, 1.807) is 6.08 Å². The molecule has 0 heterocycles. The molecule has 0 aliphatic rings. The maximum Gasteiger partial charge on any atom is 0.220 e. The number of hydrogen-bond acceptors (Lipinski definition) is 2. The predicted octanol–water partition coefficient (Wildman–Crippen LogP) is 1.23. The third-order valence-electron chi connectivity index (χ3n) is 1.91. The van der Waals surface area contributed by atoms with Gasteiger partial charge in [-0.05, 0) is 19.3 Å². The van der Waals surface area contributed by atoms with Crippen molar-refractivity contribution in [2.75, 3.05) is 6.61 Å². The summed E-state index contributed by atoms with van der Waals surface area (Å²) >= 11 is 0. The highest BCUT2D eigenvalue weighted by Crippen LogP contribution is 1.98. The second kappa shape index (κ2) is 7.80. The van der Waals surface area contributed by atoms with E-state index in [0.29, 0.717) is 19.3 Å². The number of carbonyl (C=O) groups excluding carboxylic acids is 1. The molecule has 0 bridgehead atoms. The van der Waals surface area contributed by atoms with Crippen molar-refractivity contribution in [1.29, 1.82) is 0 Å². The van der Waals surface area contributed by atoms with E-state index < -0.39 is 0 Å². The Morgan fingerprint density at radius 3 is 2.85 bits per heavy atom. The van der Waals surface area contributed by atoms with Gasteiger partial charge in [0.15, 0.2) is 0 Å². The quantitative estimate of drug-likeness (QED) is 0.586. The van der Waals surface area contributed by atoms with Crippen LogP contribution < -0.4 is 5.32 Å². The summed E-state index contributed by atoms with van der Waals surface area (Å²) in [5.74, 6) is 0.0419. The lowest BCUT2D eigenvalue weighted by Gasteiger charge is -2.15. The Kier molecular flexibility index (Phi) is 7.30. The zero-order valence-electron chi connectivity index (χ0n) is 8.25. The number of hydrogen-bond donors (Lipinski definition) is 2. The summed E-state index contributed by atoms with van der Waals surface area (Å²) < 4.78 is 0. The van der Waals surface area contributed by atoms with E-state index in [4.69, 9.17) is 5.11 Å². The maximum absolute atomic E-state index is 11.2. The molecule has 1 unspecified atom stereocenters. The van der Waals surface area contributed by atoms with Crippen LogP contribution in [-0.2, 0) is 4.79 Å². The average molecular weight is 185 g/mol. The zero-order chi connectivity index (χ0) is 10.1. The van der Waals surface area contributed by atoms with Crippen molar-refractivity contribution in [2.45, 2.75) is 38.6 Å². The van der Waals surface area contributed by atoms with E-state index in [9.17, 15) is 4.79 Å². The molecule has 0 aromatic heterocycles. The fourth-order valence-electron chi connectivity index (χ4n) is 1.07. The van der Waals surface area contributed by atoms with Crippen LogP contribution >= 0.6 is 0 Å². The number of rotatable bonds is 7. The van der Waals surface area contributed by atoms with Crippen molar-refractivity contribution in [3.05, 3.63) is 12.7 Å². The largest absolute Gasteiger partial charge is 0.396 e. The lowest BCUT2D eigenvalue weighted by atomic mass is 10.1. The summed E-state index contributed by atoms with van der Waals surface area (Å²) in [6.07, 6.45) is 4.43. The topological polar surface area (TPSA) is 49.3 Å². The molecule has 1 amide bonds. The highest BCUT2D eigenvalue weighted by atomic mass is 16.3. The summed E-state index contributed by atoms with van der Waals surface area (Å²) in [4.78, 5) is 11.2. The van der Waals surface area contributed by atoms with Crippen molar-refractivity contribution in [2.24, 2.45) is 0 Å². The first-order valence-corrected chi connectivity index (χ1v) is 4.75. The fourth-order valence-corrected chi connectivity index (χ4v) is 1.07. The van der Waals surface area contributed by atoms with Crippen LogP contribution in [0.5, 0.6) is 0 Å². The molecule has 3 nitrogen and oxygen atoms in total. The minimum Gasteiger partial charge on any atom is -0.396 e. The highest BCUT2D eigenvalue weighted by molar-refractivity contribution is 5.76. The van der Waals surface area contributed by atoms with Gasteiger partial charge in [-0.2, -0.15) is 0 Å². The van der Waals surface area contributed by atoms with Crippen LogP contribution in [0.3, 0.4) is 0 Å². The predicted molar refractivity (Wildman–Crippen MR) is 53.4 cm³/mol. The first-order valence-electron chi connectivity index (χ1n) is 4.75. The Hall–Kier alpha value is -0.830. The van der Waals surface area contributed by atoms with Crippen molar-refractivity contribution in [1.82, 2.24) is 5.32 Å². The van der Waals surface area contributed by atoms with Crippen LogP contribution in [0.15, 0.2) is 12.7 Å². The van der Waals surface area contributed by atoms with Crippen molar-refractivity contribution >= 4 is 5.91 Å². The fraction of sp³-hybridized carbons (Fsp3) is 0.700. The molecule has 0 spiro atoms. The van der Waals surface area contributed by atoms with Crippen molar-refractivity contribution < 1.29 is 9.90 Å². The van der Waals surface area contributed by atoms with Gasteiger partial charge in [0.1, 0.15) is 0 Å². The molecule has 0 aromatic carbocycles. The standard InChI is InChI=1S/C10H19NO2/c1-3-5-6-10(13)11-9(4-2)7-8-12/h3,9,12H,1,4-8H2,2H3,(H,11,13). The van der Waals surface area contributed by atoms with Crippen molar-refractivity contribution in [3.63, 3.8) is 0 Å². The smallest absolute Gasteiger partial charge is 0.220 e. The van der Waals surface area contributed by atoms with Crippen LogP contribution in [0.1, 0.15) is 32.6 Å². The Bertz CT molecular complexity index is 157. The lowest BCUT2D eigenvalue weighted by molar-refractivity contribution is -0.121. The van der Waals surface area contributed by atoms with Crippen LogP contribution in [-0.4, -0.2) is 23.7 Å².